The van der Waals surface area contributed by atoms with Gasteiger partial charge in [0.1, 0.15) is 10.6 Å². The van der Waals surface area contributed by atoms with Gasteiger partial charge in [0.05, 0.1) is 20.8 Å². The molecule has 32 heavy (non-hydrogen) atoms. The van der Waals surface area contributed by atoms with Crippen LogP contribution in [0.4, 0.5) is 5.00 Å². The van der Waals surface area contributed by atoms with Crippen molar-refractivity contribution in [3.8, 4) is 22.6 Å². The summed E-state index contributed by atoms with van der Waals surface area (Å²) in [6.07, 6.45) is 0.773. The molecule has 0 aliphatic rings. The van der Waals surface area contributed by atoms with Gasteiger partial charge in [-0.2, -0.15) is 0 Å². The monoisotopic (exact) mass is 517 g/mol. The van der Waals surface area contributed by atoms with Gasteiger partial charge in [0.25, 0.3) is 0 Å². The van der Waals surface area contributed by atoms with Gasteiger partial charge in [-0.1, -0.05) is 34.1 Å². The van der Waals surface area contributed by atoms with Crippen LogP contribution < -0.4 is 14.8 Å². The lowest BCUT2D eigenvalue weighted by Gasteiger charge is -2.10. The molecule has 0 fully saturated rings. The Kier molecular flexibility index (Phi) is 8.30. The highest BCUT2D eigenvalue weighted by atomic mass is 79.9. The van der Waals surface area contributed by atoms with Gasteiger partial charge < -0.3 is 19.5 Å². The molecule has 168 valence electrons. The Morgan fingerprint density at radius 1 is 1.03 bits per heavy atom. The van der Waals surface area contributed by atoms with Crippen LogP contribution >= 0.6 is 27.3 Å². The van der Waals surface area contributed by atoms with E-state index in [1.165, 1.54) is 11.3 Å². The highest BCUT2D eigenvalue weighted by Gasteiger charge is 2.22. The van der Waals surface area contributed by atoms with Crippen LogP contribution in [0.5, 0.6) is 11.5 Å². The lowest BCUT2D eigenvalue weighted by Crippen LogP contribution is -2.15. The summed E-state index contributed by atoms with van der Waals surface area (Å²) in [7, 11) is 3.15. The summed E-state index contributed by atoms with van der Waals surface area (Å²) in [6, 6.07) is 13.2. The van der Waals surface area contributed by atoms with Crippen molar-refractivity contribution >= 4 is 44.1 Å². The summed E-state index contributed by atoms with van der Waals surface area (Å²) in [6.45, 7) is 2.01. The first-order chi connectivity index (χ1) is 15.5. The smallest absolute Gasteiger partial charge is 0.341 e. The molecule has 0 saturated carbocycles. The minimum Gasteiger partial charge on any atom is -0.493 e. The van der Waals surface area contributed by atoms with E-state index in [9.17, 15) is 9.59 Å². The van der Waals surface area contributed by atoms with E-state index in [1.807, 2.05) is 47.8 Å². The highest BCUT2D eigenvalue weighted by molar-refractivity contribution is 9.10. The average molecular weight is 518 g/mol. The second-order valence-electron chi connectivity index (χ2n) is 6.82. The highest BCUT2D eigenvalue weighted by Crippen LogP contribution is 2.37. The zero-order valence-corrected chi connectivity index (χ0v) is 20.5. The molecule has 0 spiro atoms. The standard InChI is InChI=1S/C24H24BrNO5S/c1-4-31-24(28)22-18(16-7-9-17(25)10-8-16)14-32-23(22)26-21(27)12-6-15-5-11-19(29-2)20(13-15)30-3/h5,7-11,13-14H,4,6,12H2,1-3H3,(H,26,27). The lowest BCUT2D eigenvalue weighted by atomic mass is 10.0. The fourth-order valence-electron chi connectivity index (χ4n) is 3.18. The number of amides is 1. The van der Waals surface area contributed by atoms with Crippen molar-refractivity contribution in [2.24, 2.45) is 0 Å². The van der Waals surface area contributed by atoms with Gasteiger partial charge in [-0.3, -0.25) is 4.79 Å². The van der Waals surface area contributed by atoms with Gasteiger partial charge in [0, 0.05) is 21.8 Å². The van der Waals surface area contributed by atoms with E-state index in [0.717, 1.165) is 21.2 Å². The van der Waals surface area contributed by atoms with E-state index in [2.05, 4.69) is 21.2 Å². The van der Waals surface area contributed by atoms with Gasteiger partial charge >= 0.3 is 5.97 Å². The fourth-order valence-corrected chi connectivity index (χ4v) is 4.42. The van der Waals surface area contributed by atoms with Crippen LogP contribution in [0.1, 0.15) is 29.3 Å². The Balaban J connectivity index is 1.77. The number of ether oxygens (including phenoxy) is 3. The molecule has 8 heteroatoms. The van der Waals surface area contributed by atoms with Crippen molar-refractivity contribution in [3.63, 3.8) is 0 Å². The van der Waals surface area contributed by atoms with Gasteiger partial charge in [0.2, 0.25) is 5.91 Å². The minimum atomic E-state index is -0.457. The topological polar surface area (TPSA) is 73.9 Å². The number of hydrogen-bond acceptors (Lipinski definition) is 6. The molecule has 0 aliphatic carbocycles. The minimum absolute atomic E-state index is 0.186. The zero-order chi connectivity index (χ0) is 23.1. The van der Waals surface area contributed by atoms with Crippen molar-refractivity contribution in [2.75, 3.05) is 26.1 Å². The van der Waals surface area contributed by atoms with Crippen molar-refractivity contribution in [2.45, 2.75) is 19.8 Å². The Morgan fingerprint density at radius 2 is 1.75 bits per heavy atom. The first-order valence-corrected chi connectivity index (χ1v) is 11.7. The molecule has 1 N–H and O–H groups in total. The molecular formula is C24H24BrNO5S. The molecule has 0 atom stereocenters. The summed E-state index contributed by atoms with van der Waals surface area (Å²) >= 11 is 4.73. The maximum absolute atomic E-state index is 12.7. The van der Waals surface area contributed by atoms with E-state index in [0.29, 0.717) is 28.5 Å². The van der Waals surface area contributed by atoms with Crippen molar-refractivity contribution < 1.29 is 23.8 Å². The normalized spacial score (nSPS) is 10.5. The molecule has 0 bridgehead atoms. The first-order valence-electron chi connectivity index (χ1n) is 10.0. The van der Waals surface area contributed by atoms with Crippen LogP contribution in [-0.4, -0.2) is 32.7 Å². The number of benzene rings is 2. The summed E-state index contributed by atoms with van der Waals surface area (Å²) < 4.78 is 16.8. The summed E-state index contributed by atoms with van der Waals surface area (Å²) in [5.41, 5.74) is 2.93. The largest absolute Gasteiger partial charge is 0.493 e. The molecule has 3 rings (SSSR count). The van der Waals surface area contributed by atoms with Gasteiger partial charge in [0.15, 0.2) is 11.5 Å². The van der Waals surface area contributed by atoms with E-state index >= 15 is 0 Å². The number of aryl methyl sites for hydroxylation is 1. The van der Waals surface area contributed by atoms with Crippen LogP contribution in [0.3, 0.4) is 0 Å². The number of carbonyl (C=O) groups excluding carboxylic acids is 2. The summed E-state index contributed by atoms with van der Waals surface area (Å²) in [5.74, 6) is 0.614. The maximum Gasteiger partial charge on any atom is 0.341 e. The summed E-state index contributed by atoms with van der Waals surface area (Å²) in [5, 5.41) is 5.23. The second-order valence-corrected chi connectivity index (χ2v) is 8.61. The molecule has 0 radical (unpaired) electrons. The number of hydrogen-bond donors (Lipinski definition) is 1. The number of nitrogens with one attached hydrogen (secondary N) is 1. The molecular weight excluding hydrogens is 494 g/mol. The summed E-state index contributed by atoms with van der Waals surface area (Å²) in [4.78, 5) is 25.3. The Bertz CT molecular complexity index is 1090. The Labute approximate surface area is 199 Å². The SMILES string of the molecule is CCOC(=O)c1c(-c2ccc(Br)cc2)csc1NC(=O)CCc1ccc(OC)c(OC)c1. The van der Waals surface area contributed by atoms with Crippen LogP contribution in [0.25, 0.3) is 11.1 Å². The lowest BCUT2D eigenvalue weighted by molar-refractivity contribution is -0.116. The van der Waals surface area contributed by atoms with E-state index < -0.39 is 5.97 Å². The quantitative estimate of drug-likeness (QED) is 0.355. The molecule has 0 aliphatic heterocycles. The molecule has 2 aromatic carbocycles. The van der Waals surface area contributed by atoms with Gasteiger partial charge in [-0.15, -0.1) is 11.3 Å². The number of anilines is 1. The Morgan fingerprint density at radius 3 is 2.41 bits per heavy atom. The van der Waals surface area contributed by atoms with Gasteiger partial charge in [-0.25, -0.2) is 4.79 Å². The predicted octanol–water partition coefficient (Wildman–Crippen LogP) is 5.94. The molecule has 1 amide bonds. The van der Waals surface area contributed by atoms with Crippen molar-refractivity contribution in [1.29, 1.82) is 0 Å². The number of halogens is 1. The van der Waals surface area contributed by atoms with E-state index in [4.69, 9.17) is 14.2 Å². The molecule has 6 nitrogen and oxygen atoms in total. The van der Waals surface area contributed by atoms with Crippen molar-refractivity contribution in [1.82, 2.24) is 0 Å². The fraction of sp³-hybridized carbons (Fsp3) is 0.250. The van der Waals surface area contributed by atoms with Crippen LogP contribution in [0, 0.1) is 0 Å². The number of carbonyl (C=O) groups is 2. The molecule has 1 heterocycles. The zero-order valence-electron chi connectivity index (χ0n) is 18.1. The van der Waals surface area contributed by atoms with E-state index in [-0.39, 0.29) is 18.9 Å². The molecule has 1 aromatic heterocycles. The predicted molar refractivity (Wildman–Crippen MR) is 130 cm³/mol. The number of thiophene rings is 1. The third-order valence-electron chi connectivity index (χ3n) is 4.77. The van der Waals surface area contributed by atoms with E-state index in [1.54, 1.807) is 21.1 Å². The number of rotatable bonds is 9. The van der Waals surface area contributed by atoms with Crippen LogP contribution in [0.2, 0.25) is 0 Å². The maximum atomic E-state index is 12.7. The number of esters is 1. The third kappa shape index (κ3) is 5.69. The van der Waals surface area contributed by atoms with Crippen LogP contribution in [-0.2, 0) is 16.0 Å². The number of methoxy groups -OCH3 is 2. The van der Waals surface area contributed by atoms with Crippen molar-refractivity contribution in [3.05, 3.63) is 63.4 Å². The molecule has 3 aromatic rings. The molecule has 0 saturated heterocycles. The van der Waals surface area contributed by atoms with Gasteiger partial charge in [-0.05, 0) is 48.7 Å². The van der Waals surface area contributed by atoms with Crippen LogP contribution in [0.15, 0.2) is 52.3 Å². The average Bonchev–Trinajstić information content (AvgIpc) is 3.21. The second kappa shape index (κ2) is 11.2. The Hall–Kier alpha value is -2.84. The first kappa shape index (κ1) is 23.8. The molecule has 0 unspecified atom stereocenters. The third-order valence-corrected chi connectivity index (χ3v) is 6.19.